The van der Waals surface area contributed by atoms with Gasteiger partial charge in [-0.25, -0.2) is 9.59 Å². The first kappa shape index (κ1) is 21.3. The van der Waals surface area contributed by atoms with Crippen LogP contribution in [0.2, 0.25) is 0 Å². The number of aliphatic hydroxyl groups excluding tert-OH is 1. The van der Waals surface area contributed by atoms with Gasteiger partial charge in [0.05, 0.1) is 11.7 Å². The number of aliphatic hydroxyl groups is 1. The molecule has 2 aliphatic heterocycles. The number of benzene rings is 2. The van der Waals surface area contributed by atoms with E-state index in [2.05, 4.69) is 5.32 Å². The van der Waals surface area contributed by atoms with Crippen LogP contribution in [0.4, 0.5) is 4.79 Å². The molecule has 8 heteroatoms. The second-order valence-electron chi connectivity index (χ2n) is 7.55. The van der Waals surface area contributed by atoms with Crippen molar-refractivity contribution in [1.29, 1.82) is 0 Å². The SMILES string of the molecule is O=C(OC[C@H]1O[C@@H](N2CCCNC2=O)CC1OC(O)c1ccccc1)c1ccccc1. The lowest BCUT2D eigenvalue weighted by atomic mass is 10.1. The summed E-state index contributed by atoms with van der Waals surface area (Å²) >= 11 is 0. The van der Waals surface area contributed by atoms with Crippen LogP contribution in [-0.2, 0) is 14.2 Å². The third-order valence-electron chi connectivity index (χ3n) is 5.42. The number of urea groups is 1. The zero-order valence-electron chi connectivity index (χ0n) is 17.1. The largest absolute Gasteiger partial charge is 0.459 e. The molecule has 0 aromatic heterocycles. The van der Waals surface area contributed by atoms with Crippen molar-refractivity contribution in [2.75, 3.05) is 19.7 Å². The standard InChI is InChI=1S/C23H26N2O6/c26-21(16-8-3-1-4-9-16)29-15-19-18(31-22(27)17-10-5-2-6-11-17)14-20(30-19)25-13-7-12-24-23(25)28/h1-6,8-11,18-20,22,27H,7,12-15H2,(H,24,28)/t18?,19-,20-,22?/m1/s1. The van der Waals surface area contributed by atoms with Crippen LogP contribution < -0.4 is 5.32 Å². The van der Waals surface area contributed by atoms with Gasteiger partial charge in [-0.05, 0) is 18.6 Å². The molecule has 0 aliphatic carbocycles. The first-order chi connectivity index (χ1) is 15.1. The maximum Gasteiger partial charge on any atom is 0.338 e. The van der Waals surface area contributed by atoms with Crippen LogP contribution in [0, 0.1) is 0 Å². The second-order valence-corrected chi connectivity index (χ2v) is 7.55. The van der Waals surface area contributed by atoms with Gasteiger partial charge in [-0.2, -0.15) is 0 Å². The summed E-state index contributed by atoms with van der Waals surface area (Å²) in [4.78, 5) is 26.2. The van der Waals surface area contributed by atoms with Gasteiger partial charge in [0.2, 0.25) is 0 Å². The minimum absolute atomic E-state index is 0.0497. The summed E-state index contributed by atoms with van der Waals surface area (Å²) in [5.74, 6) is -0.467. The molecule has 0 saturated carbocycles. The average molecular weight is 426 g/mol. The summed E-state index contributed by atoms with van der Waals surface area (Å²) in [7, 11) is 0. The summed E-state index contributed by atoms with van der Waals surface area (Å²) in [6.45, 7) is 1.15. The highest BCUT2D eigenvalue weighted by Crippen LogP contribution is 2.30. The molecule has 2 aromatic rings. The number of carbonyl (C=O) groups is 2. The van der Waals surface area contributed by atoms with Gasteiger partial charge in [0.25, 0.3) is 0 Å². The van der Waals surface area contributed by atoms with Gasteiger partial charge in [0, 0.05) is 25.1 Å². The molecule has 0 bridgehead atoms. The van der Waals surface area contributed by atoms with Crippen LogP contribution in [0.1, 0.15) is 35.1 Å². The molecule has 8 nitrogen and oxygen atoms in total. The molecular weight excluding hydrogens is 400 g/mol. The predicted molar refractivity (Wildman–Crippen MR) is 111 cm³/mol. The fourth-order valence-corrected chi connectivity index (χ4v) is 3.79. The van der Waals surface area contributed by atoms with Crippen molar-refractivity contribution >= 4 is 12.0 Å². The average Bonchev–Trinajstić information content (AvgIpc) is 3.21. The molecule has 2 unspecified atom stereocenters. The highest BCUT2D eigenvalue weighted by atomic mass is 16.6. The second kappa shape index (κ2) is 9.91. The first-order valence-electron chi connectivity index (χ1n) is 10.4. The zero-order valence-corrected chi connectivity index (χ0v) is 17.1. The molecule has 31 heavy (non-hydrogen) atoms. The van der Waals surface area contributed by atoms with Crippen LogP contribution in [0.15, 0.2) is 60.7 Å². The van der Waals surface area contributed by atoms with E-state index < -0.39 is 30.7 Å². The van der Waals surface area contributed by atoms with Crippen molar-refractivity contribution in [2.24, 2.45) is 0 Å². The van der Waals surface area contributed by atoms with E-state index in [9.17, 15) is 14.7 Å². The minimum Gasteiger partial charge on any atom is -0.459 e. The van der Waals surface area contributed by atoms with Gasteiger partial charge in [0.15, 0.2) is 6.29 Å². The van der Waals surface area contributed by atoms with Gasteiger partial charge < -0.3 is 24.6 Å². The topological polar surface area (TPSA) is 97.3 Å². The molecule has 2 amide bonds. The number of rotatable bonds is 7. The van der Waals surface area contributed by atoms with Crippen LogP contribution in [0.25, 0.3) is 0 Å². The maximum atomic E-state index is 12.3. The van der Waals surface area contributed by atoms with E-state index in [1.807, 2.05) is 24.3 Å². The smallest absolute Gasteiger partial charge is 0.338 e. The number of amides is 2. The Bertz CT molecular complexity index is 878. The van der Waals surface area contributed by atoms with Crippen molar-refractivity contribution in [3.05, 3.63) is 71.8 Å². The molecule has 2 saturated heterocycles. The minimum atomic E-state index is -1.16. The molecule has 2 fully saturated rings. The zero-order chi connectivity index (χ0) is 21.6. The molecule has 4 atom stereocenters. The van der Waals surface area contributed by atoms with Gasteiger partial charge in [-0.1, -0.05) is 48.5 Å². The van der Waals surface area contributed by atoms with Crippen molar-refractivity contribution in [1.82, 2.24) is 10.2 Å². The van der Waals surface area contributed by atoms with Crippen molar-refractivity contribution in [3.63, 3.8) is 0 Å². The fraction of sp³-hybridized carbons (Fsp3) is 0.391. The Hall–Kier alpha value is -2.94. The summed E-state index contributed by atoms with van der Waals surface area (Å²) in [5, 5.41) is 13.3. The summed E-state index contributed by atoms with van der Waals surface area (Å²) < 4.78 is 17.4. The molecule has 2 N–H and O–H groups in total. The summed E-state index contributed by atoms with van der Waals surface area (Å²) in [5.41, 5.74) is 1.05. The molecule has 2 aromatic carbocycles. The van der Waals surface area contributed by atoms with Crippen LogP contribution in [0.5, 0.6) is 0 Å². The van der Waals surface area contributed by atoms with E-state index in [1.54, 1.807) is 41.3 Å². The number of carbonyl (C=O) groups excluding carboxylic acids is 2. The predicted octanol–water partition coefficient (Wildman–Crippen LogP) is 2.45. The van der Waals surface area contributed by atoms with Crippen LogP contribution in [-0.4, -0.2) is 60.1 Å². The molecule has 164 valence electrons. The lowest BCUT2D eigenvalue weighted by Crippen LogP contribution is -2.51. The molecule has 4 rings (SSSR count). The van der Waals surface area contributed by atoms with Crippen molar-refractivity contribution < 1.29 is 28.9 Å². The van der Waals surface area contributed by atoms with Gasteiger partial charge >= 0.3 is 12.0 Å². The molecule has 2 aliphatic rings. The molecule has 0 radical (unpaired) electrons. The van der Waals surface area contributed by atoms with Crippen LogP contribution >= 0.6 is 0 Å². The monoisotopic (exact) mass is 426 g/mol. The Morgan fingerprint density at radius 3 is 2.58 bits per heavy atom. The molecule has 2 heterocycles. The van der Waals surface area contributed by atoms with Gasteiger partial charge in [-0.3, -0.25) is 4.90 Å². The van der Waals surface area contributed by atoms with E-state index in [1.165, 1.54) is 0 Å². The quantitative estimate of drug-likeness (QED) is 0.521. The third kappa shape index (κ3) is 5.22. The van der Waals surface area contributed by atoms with Gasteiger partial charge in [-0.15, -0.1) is 0 Å². The summed E-state index contributed by atoms with van der Waals surface area (Å²) in [6, 6.07) is 17.5. The van der Waals surface area contributed by atoms with Crippen molar-refractivity contribution in [3.8, 4) is 0 Å². The van der Waals surface area contributed by atoms with Gasteiger partial charge in [0.1, 0.15) is 18.9 Å². The molecule has 0 spiro atoms. The van der Waals surface area contributed by atoms with E-state index in [0.29, 0.717) is 30.6 Å². The van der Waals surface area contributed by atoms with E-state index in [4.69, 9.17) is 14.2 Å². The Labute approximate surface area is 180 Å². The highest BCUT2D eigenvalue weighted by molar-refractivity contribution is 5.89. The highest BCUT2D eigenvalue weighted by Gasteiger charge is 2.42. The number of nitrogens with one attached hydrogen (secondary N) is 1. The number of nitrogens with zero attached hydrogens (tertiary/aromatic N) is 1. The third-order valence-corrected chi connectivity index (χ3v) is 5.42. The number of esters is 1. The lowest BCUT2D eigenvalue weighted by molar-refractivity contribution is -0.161. The Balaban J connectivity index is 1.44. The number of hydrogen-bond donors (Lipinski definition) is 2. The van der Waals surface area contributed by atoms with E-state index in [0.717, 1.165) is 6.42 Å². The maximum absolute atomic E-state index is 12.3. The Morgan fingerprint density at radius 2 is 1.87 bits per heavy atom. The molecular formula is C23H26N2O6. The van der Waals surface area contributed by atoms with E-state index in [-0.39, 0.29) is 12.6 Å². The van der Waals surface area contributed by atoms with E-state index >= 15 is 0 Å². The number of hydrogen-bond acceptors (Lipinski definition) is 6. The number of ether oxygens (including phenoxy) is 3. The lowest BCUT2D eigenvalue weighted by Gasteiger charge is -2.32. The fourth-order valence-electron chi connectivity index (χ4n) is 3.79. The Kier molecular flexibility index (Phi) is 6.81. The Morgan fingerprint density at radius 1 is 1.16 bits per heavy atom. The summed E-state index contributed by atoms with van der Waals surface area (Å²) in [6.07, 6.45) is -1.67. The van der Waals surface area contributed by atoms with Crippen molar-refractivity contribution in [2.45, 2.75) is 37.6 Å². The van der Waals surface area contributed by atoms with Crippen LogP contribution in [0.3, 0.4) is 0 Å². The first-order valence-corrected chi connectivity index (χ1v) is 10.4. The normalized spacial score (nSPS) is 24.5.